The average molecular weight is 366 g/mol. The highest BCUT2D eigenvalue weighted by Gasteiger charge is 2.33. The fourth-order valence-corrected chi connectivity index (χ4v) is 4.12. The first-order chi connectivity index (χ1) is 13.1. The van der Waals surface area contributed by atoms with Crippen LogP contribution in [0.3, 0.4) is 0 Å². The van der Waals surface area contributed by atoms with Gasteiger partial charge in [-0.25, -0.2) is 0 Å². The van der Waals surface area contributed by atoms with Gasteiger partial charge in [-0.05, 0) is 49.8 Å². The Morgan fingerprint density at radius 1 is 1.11 bits per heavy atom. The first kappa shape index (κ1) is 18.1. The summed E-state index contributed by atoms with van der Waals surface area (Å²) in [5.74, 6) is -0.246. The van der Waals surface area contributed by atoms with Crippen LogP contribution in [0.2, 0.25) is 0 Å². The Morgan fingerprint density at radius 3 is 2.59 bits per heavy atom. The molecule has 1 aromatic carbocycles. The SMILES string of the molecule is CC1(c2ccc([C@H]3CCC[C@@H](NC(=O)c4ccccn4)C3)cc2)OCCO1. The molecule has 2 fully saturated rings. The molecule has 2 aromatic rings. The van der Waals surface area contributed by atoms with Gasteiger partial charge in [-0.1, -0.05) is 36.8 Å². The molecule has 2 aliphatic rings. The van der Waals surface area contributed by atoms with Gasteiger partial charge in [-0.15, -0.1) is 0 Å². The minimum absolute atomic E-state index is 0.0833. The molecule has 1 aromatic heterocycles. The van der Waals surface area contributed by atoms with Gasteiger partial charge in [0.05, 0.1) is 13.2 Å². The maximum Gasteiger partial charge on any atom is 0.270 e. The van der Waals surface area contributed by atoms with Gasteiger partial charge < -0.3 is 14.8 Å². The van der Waals surface area contributed by atoms with Crippen molar-refractivity contribution in [3.05, 3.63) is 65.5 Å². The van der Waals surface area contributed by atoms with Crippen molar-refractivity contribution in [2.45, 2.75) is 50.4 Å². The zero-order valence-electron chi connectivity index (χ0n) is 15.7. The Labute approximate surface area is 160 Å². The molecule has 2 heterocycles. The molecular formula is C22H26N2O3. The van der Waals surface area contributed by atoms with Crippen molar-refractivity contribution < 1.29 is 14.3 Å². The minimum Gasteiger partial charge on any atom is -0.348 e. The lowest BCUT2D eigenvalue weighted by Crippen LogP contribution is -2.38. The fraction of sp³-hybridized carbons (Fsp3) is 0.455. The van der Waals surface area contributed by atoms with Gasteiger partial charge in [0.1, 0.15) is 5.69 Å². The normalized spacial score (nSPS) is 24.5. The van der Waals surface area contributed by atoms with Crippen LogP contribution in [0.1, 0.15) is 60.1 Å². The second kappa shape index (κ2) is 7.79. The van der Waals surface area contributed by atoms with Gasteiger partial charge in [0.25, 0.3) is 5.91 Å². The predicted molar refractivity (Wildman–Crippen MR) is 102 cm³/mol. The quantitative estimate of drug-likeness (QED) is 0.895. The topological polar surface area (TPSA) is 60.5 Å². The maximum absolute atomic E-state index is 12.4. The number of nitrogens with one attached hydrogen (secondary N) is 1. The zero-order valence-corrected chi connectivity index (χ0v) is 15.7. The molecule has 1 aliphatic heterocycles. The van der Waals surface area contributed by atoms with Crippen molar-refractivity contribution in [1.29, 1.82) is 0 Å². The summed E-state index contributed by atoms with van der Waals surface area (Å²) in [5.41, 5.74) is 2.85. The smallest absolute Gasteiger partial charge is 0.270 e. The number of ether oxygens (including phenoxy) is 2. The Bertz CT molecular complexity index is 770. The molecule has 1 aliphatic carbocycles. The van der Waals surface area contributed by atoms with E-state index in [2.05, 4.69) is 34.6 Å². The van der Waals surface area contributed by atoms with E-state index in [-0.39, 0.29) is 11.9 Å². The Morgan fingerprint density at radius 2 is 1.89 bits per heavy atom. The molecular weight excluding hydrogens is 340 g/mol. The second-order valence-electron chi connectivity index (χ2n) is 7.51. The van der Waals surface area contributed by atoms with Gasteiger partial charge in [0.2, 0.25) is 0 Å². The molecule has 142 valence electrons. The molecule has 2 atom stereocenters. The van der Waals surface area contributed by atoms with Crippen LogP contribution in [0.15, 0.2) is 48.7 Å². The Kier molecular flexibility index (Phi) is 5.23. The van der Waals surface area contributed by atoms with Crippen LogP contribution in [0.25, 0.3) is 0 Å². The van der Waals surface area contributed by atoms with E-state index in [1.807, 2.05) is 19.1 Å². The van der Waals surface area contributed by atoms with E-state index in [4.69, 9.17) is 9.47 Å². The standard InChI is InChI=1S/C22H26N2O3/c1-22(26-13-14-27-22)18-10-8-16(9-11-18)17-5-4-6-19(15-17)24-21(25)20-7-2-3-12-23-20/h2-3,7-12,17,19H,4-6,13-15H2,1H3,(H,24,25)/t17-,19+/m0/s1. The number of carbonyl (C=O) groups is 1. The third-order valence-corrected chi connectivity index (χ3v) is 5.65. The first-order valence-corrected chi connectivity index (χ1v) is 9.74. The molecule has 1 N–H and O–H groups in total. The largest absolute Gasteiger partial charge is 0.348 e. The van der Waals surface area contributed by atoms with Crippen molar-refractivity contribution in [3.8, 4) is 0 Å². The molecule has 0 bridgehead atoms. The number of hydrogen-bond donors (Lipinski definition) is 1. The van der Waals surface area contributed by atoms with Crippen molar-refractivity contribution in [3.63, 3.8) is 0 Å². The van der Waals surface area contributed by atoms with Crippen LogP contribution < -0.4 is 5.32 Å². The number of hydrogen-bond acceptors (Lipinski definition) is 4. The summed E-state index contributed by atoms with van der Waals surface area (Å²) in [5, 5.41) is 3.16. The van der Waals surface area contributed by atoms with Crippen molar-refractivity contribution >= 4 is 5.91 Å². The molecule has 0 spiro atoms. The second-order valence-corrected chi connectivity index (χ2v) is 7.51. The lowest BCUT2D eigenvalue weighted by Gasteiger charge is -2.30. The lowest BCUT2D eigenvalue weighted by molar-refractivity contribution is -0.149. The van der Waals surface area contributed by atoms with Gasteiger partial charge in [-0.2, -0.15) is 0 Å². The minimum atomic E-state index is -0.621. The molecule has 1 amide bonds. The zero-order chi connectivity index (χ0) is 18.7. The van der Waals surface area contributed by atoms with E-state index in [9.17, 15) is 4.79 Å². The van der Waals surface area contributed by atoms with Crippen LogP contribution in [-0.2, 0) is 15.3 Å². The molecule has 1 saturated carbocycles. The molecule has 0 radical (unpaired) electrons. The highest BCUT2D eigenvalue weighted by Crippen LogP contribution is 2.35. The van der Waals surface area contributed by atoms with Crippen LogP contribution in [-0.4, -0.2) is 30.1 Å². The van der Waals surface area contributed by atoms with Crippen molar-refractivity contribution in [1.82, 2.24) is 10.3 Å². The lowest BCUT2D eigenvalue weighted by atomic mass is 9.81. The number of amides is 1. The van der Waals surface area contributed by atoms with Crippen molar-refractivity contribution in [2.24, 2.45) is 0 Å². The summed E-state index contributed by atoms with van der Waals surface area (Å²) in [6.07, 6.45) is 5.90. The number of benzene rings is 1. The molecule has 5 nitrogen and oxygen atoms in total. The van der Waals surface area contributed by atoms with Gasteiger partial charge in [0, 0.05) is 17.8 Å². The number of nitrogens with zero attached hydrogens (tertiary/aromatic N) is 1. The number of carbonyl (C=O) groups excluding carboxylic acids is 1. The molecule has 27 heavy (non-hydrogen) atoms. The summed E-state index contributed by atoms with van der Waals surface area (Å²) >= 11 is 0. The van der Waals surface area contributed by atoms with E-state index in [1.165, 1.54) is 5.56 Å². The van der Waals surface area contributed by atoms with E-state index in [0.717, 1.165) is 31.2 Å². The summed E-state index contributed by atoms with van der Waals surface area (Å²) in [6, 6.07) is 14.2. The van der Waals surface area contributed by atoms with Crippen LogP contribution in [0, 0.1) is 0 Å². The predicted octanol–water partition coefficient (Wildman–Crippen LogP) is 3.76. The molecule has 1 saturated heterocycles. The number of pyridine rings is 1. The average Bonchev–Trinajstić information content (AvgIpc) is 3.17. The molecule has 5 heteroatoms. The highest BCUT2D eigenvalue weighted by molar-refractivity contribution is 5.92. The maximum atomic E-state index is 12.4. The van der Waals surface area contributed by atoms with Crippen molar-refractivity contribution in [2.75, 3.05) is 13.2 Å². The van der Waals surface area contributed by atoms with E-state index in [0.29, 0.717) is 24.8 Å². The summed E-state index contributed by atoms with van der Waals surface area (Å²) in [7, 11) is 0. The monoisotopic (exact) mass is 366 g/mol. The molecule has 0 unspecified atom stereocenters. The summed E-state index contributed by atoms with van der Waals surface area (Å²) in [4.78, 5) is 16.5. The Hall–Kier alpha value is -2.24. The van der Waals surface area contributed by atoms with Crippen LogP contribution in [0.4, 0.5) is 0 Å². The highest BCUT2D eigenvalue weighted by atomic mass is 16.7. The summed E-state index contributed by atoms with van der Waals surface area (Å²) in [6.45, 7) is 3.25. The van der Waals surface area contributed by atoms with Crippen LogP contribution in [0.5, 0.6) is 0 Å². The van der Waals surface area contributed by atoms with Crippen LogP contribution >= 0.6 is 0 Å². The van der Waals surface area contributed by atoms with Gasteiger partial charge in [0.15, 0.2) is 5.79 Å². The number of rotatable bonds is 4. The third kappa shape index (κ3) is 4.04. The molecule has 4 rings (SSSR count). The third-order valence-electron chi connectivity index (χ3n) is 5.65. The van der Waals surface area contributed by atoms with E-state index in [1.54, 1.807) is 12.3 Å². The first-order valence-electron chi connectivity index (χ1n) is 9.74. The Balaban J connectivity index is 1.40. The van der Waals surface area contributed by atoms with E-state index < -0.39 is 5.79 Å². The fourth-order valence-electron chi connectivity index (χ4n) is 4.12. The van der Waals surface area contributed by atoms with E-state index >= 15 is 0 Å². The van der Waals surface area contributed by atoms with Gasteiger partial charge >= 0.3 is 0 Å². The van der Waals surface area contributed by atoms with Gasteiger partial charge in [-0.3, -0.25) is 9.78 Å². The summed E-state index contributed by atoms with van der Waals surface area (Å²) < 4.78 is 11.5. The number of aromatic nitrogens is 1.